The van der Waals surface area contributed by atoms with Crippen molar-refractivity contribution in [3.8, 4) is 11.5 Å². The van der Waals surface area contributed by atoms with E-state index < -0.39 is 11.6 Å². The lowest BCUT2D eigenvalue weighted by Crippen LogP contribution is -2.11. The molecule has 15 heavy (non-hydrogen) atoms. The Morgan fingerprint density at radius 1 is 1.20 bits per heavy atom. The summed E-state index contributed by atoms with van der Waals surface area (Å²) < 4.78 is 36.3. The van der Waals surface area contributed by atoms with Crippen molar-refractivity contribution in [3.05, 3.63) is 23.3 Å². The molecule has 0 fully saturated rings. The summed E-state index contributed by atoms with van der Waals surface area (Å²) in [6.07, 6.45) is 0. The van der Waals surface area contributed by atoms with Crippen LogP contribution in [0, 0.1) is 11.6 Å². The number of nitrogens with one attached hydrogen (secondary N) is 1. The lowest BCUT2D eigenvalue weighted by molar-refractivity contribution is 0.158. The van der Waals surface area contributed by atoms with Gasteiger partial charge in [-0.1, -0.05) is 0 Å². The summed E-state index contributed by atoms with van der Waals surface area (Å²) in [4.78, 5) is 0. The second-order valence-electron chi connectivity index (χ2n) is 2.72. The highest BCUT2D eigenvalue weighted by Gasteiger charge is 2.19. The summed E-state index contributed by atoms with van der Waals surface area (Å²) in [6.45, 7) is -0.370. The van der Waals surface area contributed by atoms with Crippen molar-refractivity contribution in [3.63, 3.8) is 0 Å². The molecule has 0 atom stereocenters. The van der Waals surface area contributed by atoms with Gasteiger partial charge in [-0.25, -0.2) is 14.3 Å². The molecule has 6 heteroatoms. The van der Waals surface area contributed by atoms with Crippen molar-refractivity contribution < 1.29 is 23.5 Å². The minimum Gasteiger partial charge on any atom is -0.494 e. The van der Waals surface area contributed by atoms with Gasteiger partial charge in [0.1, 0.15) is 0 Å². The highest BCUT2D eigenvalue weighted by molar-refractivity contribution is 5.41. The molecule has 1 aromatic rings. The first-order chi connectivity index (χ1) is 7.15. The molecule has 0 aliphatic heterocycles. The minimum atomic E-state index is -0.864. The quantitative estimate of drug-likeness (QED) is 0.753. The van der Waals surface area contributed by atoms with Crippen LogP contribution in [0.5, 0.6) is 11.5 Å². The first kappa shape index (κ1) is 11.7. The van der Waals surface area contributed by atoms with E-state index in [0.717, 1.165) is 6.07 Å². The van der Waals surface area contributed by atoms with Crippen LogP contribution in [0.15, 0.2) is 6.07 Å². The van der Waals surface area contributed by atoms with E-state index in [2.05, 4.69) is 0 Å². The van der Waals surface area contributed by atoms with Crippen LogP contribution in [0.3, 0.4) is 0 Å². The molecule has 1 rings (SSSR count). The average Bonchev–Trinajstić information content (AvgIpc) is 2.25. The number of benzene rings is 1. The van der Waals surface area contributed by atoms with E-state index in [1.165, 1.54) is 14.2 Å². The van der Waals surface area contributed by atoms with Gasteiger partial charge in [0.15, 0.2) is 23.1 Å². The molecule has 0 saturated heterocycles. The first-order valence-electron chi connectivity index (χ1n) is 4.11. The van der Waals surface area contributed by atoms with Crippen molar-refractivity contribution >= 4 is 0 Å². The number of hydrogen-bond donors (Lipinski definition) is 2. The predicted molar refractivity (Wildman–Crippen MR) is 48.1 cm³/mol. The lowest BCUT2D eigenvalue weighted by atomic mass is 10.1. The molecule has 2 N–H and O–H groups in total. The minimum absolute atomic E-state index is 0.140. The molecular formula is C9H11F2NO3. The van der Waals surface area contributed by atoms with Gasteiger partial charge < -0.3 is 14.7 Å². The molecule has 0 radical (unpaired) electrons. The standard InChI is InChI=1S/C9H11F2NO3/c1-14-6-3-7(15-2)9(11)5(4-12-13)8(6)10/h3,12-13H,4H2,1-2H3. The smallest absolute Gasteiger partial charge is 0.172 e. The predicted octanol–water partition coefficient (Wildman–Crippen LogP) is 1.46. The average molecular weight is 219 g/mol. The molecule has 4 nitrogen and oxygen atoms in total. The maximum absolute atomic E-state index is 13.5. The summed E-state index contributed by atoms with van der Waals surface area (Å²) in [5.41, 5.74) is 1.34. The second kappa shape index (κ2) is 4.90. The topological polar surface area (TPSA) is 50.7 Å². The van der Waals surface area contributed by atoms with Crippen LogP contribution in [-0.2, 0) is 6.54 Å². The van der Waals surface area contributed by atoms with E-state index >= 15 is 0 Å². The Morgan fingerprint density at radius 3 is 2.00 bits per heavy atom. The highest BCUT2D eigenvalue weighted by atomic mass is 19.1. The van der Waals surface area contributed by atoms with Crippen molar-refractivity contribution in [2.75, 3.05) is 14.2 Å². The van der Waals surface area contributed by atoms with Gasteiger partial charge in [0.05, 0.1) is 20.8 Å². The van der Waals surface area contributed by atoms with Crippen LogP contribution in [0.4, 0.5) is 8.78 Å². The molecule has 0 spiro atoms. The molecule has 0 aliphatic carbocycles. The number of hydrogen-bond acceptors (Lipinski definition) is 4. The highest BCUT2D eigenvalue weighted by Crippen LogP contribution is 2.30. The van der Waals surface area contributed by atoms with E-state index in [1.54, 1.807) is 5.48 Å². The fourth-order valence-electron chi connectivity index (χ4n) is 1.17. The van der Waals surface area contributed by atoms with Gasteiger partial charge >= 0.3 is 0 Å². The van der Waals surface area contributed by atoms with E-state index in [9.17, 15) is 8.78 Å². The fourth-order valence-corrected chi connectivity index (χ4v) is 1.17. The third-order valence-corrected chi connectivity index (χ3v) is 1.92. The largest absolute Gasteiger partial charge is 0.494 e. The molecule has 0 aliphatic rings. The molecule has 0 saturated carbocycles. The van der Waals surface area contributed by atoms with E-state index in [4.69, 9.17) is 14.7 Å². The number of methoxy groups -OCH3 is 2. The Labute approximate surface area is 85.4 Å². The van der Waals surface area contributed by atoms with Gasteiger partial charge in [-0.05, 0) is 0 Å². The van der Waals surface area contributed by atoms with E-state index in [0.29, 0.717) is 0 Å². The molecule has 0 aromatic heterocycles. The number of rotatable bonds is 4. The molecular weight excluding hydrogens is 208 g/mol. The van der Waals surface area contributed by atoms with Gasteiger partial charge in [-0.2, -0.15) is 0 Å². The Morgan fingerprint density at radius 2 is 1.67 bits per heavy atom. The molecule has 0 heterocycles. The van der Waals surface area contributed by atoms with Crippen molar-refractivity contribution in [2.45, 2.75) is 6.54 Å². The van der Waals surface area contributed by atoms with E-state index in [-0.39, 0.29) is 23.6 Å². The maximum Gasteiger partial charge on any atom is 0.172 e. The van der Waals surface area contributed by atoms with Gasteiger partial charge in [-0.3, -0.25) is 0 Å². The van der Waals surface area contributed by atoms with Crippen LogP contribution in [0.25, 0.3) is 0 Å². The molecule has 84 valence electrons. The molecule has 0 unspecified atom stereocenters. The first-order valence-corrected chi connectivity index (χ1v) is 4.11. The number of hydroxylamine groups is 1. The summed E-state index contributed by atoms with van der Waals surface area (Å²) in [6, 6.07) is 1.10. The summed E-state index contributed by atoms with van der Waals surface area (Å²) in [7, 11) is 2.51. The summed E-state index contributed by atoms with van der Waals surface area (Å²) >= 11 is 0. The Bertz CT molecular complexity index is 329. The Kier molecular flexibility index (Phi) is 3.81. The van der Waals surface area contributed by atoms with Gasteiger partial charge in [0.2, 0.25) is 0 Å². The van der Waals surface area contributed by atoms with Crippen LogP contribution >= 0.6 is 0 Å². The molecule has 0 amide bonds. The normalized spacial score (nSPS) is 10.2. The lowest BCUT2D eigenvalue weighted by Gasteiger charge is -2.11. The van der Waals surface area contributed by atoms with Gasteiger partial charge in [0, 0.05) is 11.6 Å². The number of halogens is 2. The molecule has 0 bridgehead atoms. The summed E-state index contributed by atoms with van der Waals surface area (Å²) in [5.74, 6) is -2.01. The van der Waals surface area contributed by atoms with Gasteiger partial charge in [-0.15, -0.1) is 0 Å². The second-order valence-corrected chi connectivity index (χ2v) is 2.72. The Hall–Kier alpha value is -1.40. The zero-order valence-electron chi connectivity index (χ0n) is 8.30. The van der Waals surface area contributed by atoms with Crippen LogP contribution in [-0.4, -0.2) is 19.4 Å². The third kappa shape index (κ3) is 2.16. The molecule has 1 aromatic carbocycles. The monoisotopic (exact) mass is 219 g/mol. The van der Waals surface area contributed by atoms with Crippen molar-refractivity contribution in [2.24, 2.45) is 0 Å². The third-order valence-electron chi connectivity index (χ3n) is 1.92. The van der Waals surface area contributed by atoms with Crippen LogP contribution in [0.2, 0.25) is 0 Å². The van der Waals surface area contributed by atoms with Crippen molar-refractivity contribution in [1.29, 1.82) is 0 Å². The van der Waals surface area contributed by atoms with Crippen LogP contribution in [0.1, 0.15) is 5.56 Å². The Balaban J connectivity index is 3.32. The fraction of sp³-hybridized carbons (Fsp3) is 0.333. The SMILES string of the molecule is COc1cc(OC)c(F)c(CNO)c1F. The number of ether oxygens (including phenoxy) is 2. The zero-order chi connectivity index (χ0) is 11.4. The van der Waals surface area contributed by atoms with Crippen molar-refractivity contribution in [1.82, 2.24) is 5.48 Å². The van der Waals surface area contributed by atoms with Gasteiger partial charge in [0.25, 0.3) is 0 Å². The van der Waals surface area contributed by atoms with Crippen LogP contribution < -0.4 is 15.0 Å². The zero-order valence-corrected chi connectivity index (χ0v) is 8.30. The van der Waals surface area contributed by atoms with E-state index in [1.807, 2.05) is 0 Å². The maximum atomic E-state index is 13.5. The summed E-state index contributed by atoms with van der Waals surface area (Å²) in [5, 5.41) is 8.43.